The first-order chi connectivity index (χ1) is 13.8. The van der Waals surface area contributed by atoms with E-state index in [9.17, 15) is 4.79 Å². The molecule has 0 unspecified atom stereocenters. The molecule has 1 aliphatic carbocycles. The van der Waals surface area contributed by atoms with Gasteiger partial charge in [0.05, 0.1) is 24.0 Å². The van der Waals surface area contributed by atoms with Gasteiger partial charge in [-0.25, -0.2) is 14.5 Å². The average Bonchev–Trinajstić information content (AvgIpc) is 3.47. The summed E-state index contributed by atoms with van der Waals surface area (Å²) in [5.41, 5.74) is 1.87. The van der Waals surface area contributed by atoms with E-state index in [1.165, 1.54) is 0 Å². The Kier molecular flexibility index (Phi) is 3.11. The van der Waals surface area contributed by atoms with Crippen molar-refractivity contribution in [3.05, 3.63) is 65.8 Å². The molecule has 6 rings (SSSR count). The number of aromatic nitrogens is 4. The molecule has 2 aliphatic rings. The van der Waals surface area contributed by atoms with E-state index >= 15 is 0 Å². The third-order valence-corrected chi connectivity index (χ3v) is 5.16. The van der Waals surface area contributed by atoms with E-state index in [0.29, 0.717) is 58.6 Å². The Morgan fingerprint density at radius 3 is 2.82 bits per heavy atom. The first kappa shape index (κ1) is 15.4. The van der Waals surface area contributed by atoms with Crippen molar-refractivity contribution in [3.8, 4) is 17.5 Å². The van der Waals surface area contributed by atoms with E-state index in [1.807, 2.05) is 12.1 Å². The summed E-state index contributed by atoms with van der Waals surface area (Å²) in [4.78, 5) is 21.9. The summed E-state index contributed by atoms with van der Waals surface area (Å²) in [6, 6.07) is 7.24. The Balaban J connectivity index is 1.63. The summed E-state index contributed by atoms with van der Waals surface area (Å²) >= 11 is 0. The largest absolute Gasteiger partial charge is 0.468 e. The van der Waals surface area contributed by atoms with Gasteiger partial charge >= 0.3 is 0 Å². The van der Waals surface area contributed by atoms with Gasteiger partial charge in [0.15, 0.2) is 17.2 Å². The molecule has 8 heteroatoms. The molecule has 0 saturated carbocycles. The highest BCUT2D eigenvalue weighted by atomic mass is 16.5. The monoisotopic (exact) mass is 374 g/mol. The third kappa shape index (κ3) is 2.11. The van der Waals surface area contributed by atoms with Crippen LogP contribution in [0.2, 0.25) is 0 Å². The molecule has 4 aromatic rings. The summed E-state index contributed by atoms with van der Waals surface area (Å²) in [5, 5.41) is 4.46. The van der Waals surface area contributed by atoms with Gasteiger partial charge in [-0.2, -0.15) is 0 Å². The van der Waals surface area contributed by atoms with Gasteiger partial charge in [-0.3, -0.25) is 4.79 Å². The van der Waals surface area contributed by atoms with Crippen LogP contribution in [0, 0.1) is 0 Å². The van der Waals surface area contributed by atoms with Crippen LogP contribution in [0.1, 0.15) is 36.5 Å². The smallest absolute Gasteiger partial charge is 0.228 e. The van der Waals surface area contributed by atoms with Crippen molar-refractivity contribution in [2.75, 3.05) is 0 Å². The molecule has 1 atom stereocenters. The standard InChI is InChI=1S/C20H14N4O4/c25-11-4-1-5-13-15(11)16(12-6-2-8-26-12)17-19-22-18(14-7-3-9-27-14)23-24(19)10-21-20(17)28-13/h2-3,6-10,16H,1,4-5H2/t16-/m0/s1. The van der Waals surface area contributed by atoms with Gasteiger partial charge in [0.25, 0.3) is 0 Å². The fraction of sp³-hybridized carbons (Fsp3) is 0.200. The minimum absolute atomic E-state index is 0.0704. The van der Waals surface area contributed by atoms with E-state index in [2.05, 4.69) is 15.1 Å². The van der Waals surface area contributed by atoms with Crippen LogP contribution in [0.25, 0.3) is 17.2 Å². The van der Waals surface area contributed by atoms with Gasteiger partial charge in [-0.05, 0) is 30.7 Å². The maximum atomic E-state index is 12.8. The summed E-state index contributed by atoms with van der Waals surface area (Å²) in [6.07, 6.45) is 6.70. The zero-order valence-corrected chi connectivity index (χ0v) is 14.7. The quantitative estimate of drug-likeness (QED) is 0.530. The Morgan fingerprint density at radius 1 is 1.11 bits per heavy atom. The highest BCUT2D eigenvalue weighted by Crippen LogP contribution is 2.47. The number of carbonyl (C=O) groups is 1. The second kappa shape index (κ2) is 5.66. The molecule has 4 aromatic heterocycles. The second-order valence-electron chi connectivity index (χ2n) is 6.81. The van der Waals surface area contributed by atoms with Crippen molar-refractivity contribution in [1.82, 2.24) is 19.6 Å². The van der Waals surface area contributed by atoms with Gasteiger partial charge in [0, 0.05) is 18.4 Å². The fourth-order valence-electron chi connectivity index (χ4n) is 3.97. The number of ether oxygens (including phenoxy) is 1. The van der Waals surface area contributed by atoms with Crippen molar-refractivity contribution in [2.24, 2.45) is 0 Å². The minimum atomic E-state index is -0.425. The van der Waals surface area contributed by atoms with Crippen LogP contribution in [-0.4, -0.2) is 25.4 Å². The number of nitrogens with zero attached hydrogens (tertiary/aromatic N) is 4. The molecule has 8 nitrogen and oxygen atoms in total. The fourth-order valence-corrected chi connectivity index (χ4v) is 3.97. The molecule has 0 aromatic carbocycles. The summed E-state index contributed by atoms with van der Waals surface area (Å²) in [7, 11) is 0. The zero-order valence-electron chi connectivity index (χ0n) is 14.7. The number of rotatable bonds is 2. The van der Waals surface area contributed by atoms with Gasteiger partial charge in [-0.15, -0.1) is 5.10 Å². The molecule has 0 fully saturated rings. The van der Waals surface area contributed by atoms with E-state index < -0.39 is 5.92 Å². The highest BCUT2D eigenvalue weighted by molar-refractivity contribution is 5.99. The lowest BCUT2D eigenvalue weighted by atomic mass is 9.80. The highest BCUT2D eigenvalue weighted by Gasteiger charge is 2.41. The van der Waals surface area contributed by atoms with Crippen LogP contribution < -0.4 is 4.74 Å². The molecule has 5 heterocycles. The van der Waals surface area contributed by atoms with Gasteiger partial charge in [-0.1, -0.05) is 0 Å². The normalized spacial score (nSPS) is 18.9. The van der Waals surface area contributed by atoms with E-state index in [4.69, 9.17) is 13.6 Å². The first-order valence-corrected chi connectivity index (χ1v) is 9.06. The van der Waals surface area contributed by atoms with Crippen molar-refractivity contribution < 1.29 is 18.4 Å². The van der Waals surface area contributed by atoms with E-state index in [0.717, 1.165) is 6.42 Å². The van der Waals surface area contributed by atoms with E-state index in [-0.39, 0.29) is 5.78 Å². The first-order valence-electron chi connectivity index (χ1n) is 9.06. The molecule has 0 N–H and O–H groups in total. The van der Waals surface area contributed by atoms with E-state index in [1.54, 1.807) is 35.5 Å². The maximum absolute atomic E-state index is 12.8. The second-order valence-corrected chi connectivity index (χ2v) is 6.81. The number of hydrogen-bond acceptors (Lipinski definition) is 7. The van der Waals surface area contributed by atoms with Crippen LogP contribution in [0.5, 0.6) is 5.88 Å². The Hall–Kier alpha value is -3.68. The molecular weight excluding hydrogens is 360 g/mol. The van der Waals surface area contributed by atoms with Crippen LogP contribution in [0.4, 0.5) is 0 Å². The third-order valence-electron chi connectivity index (χ3n) is 5.16. The average molecular weight is 374 g/mol. The Morgan fingerprint density at radius 2 is 2.00 bits per heavy atom. The van der Waals surface area contributed by atoms with Crippen LogP contribution in [0.3, 0.4) is 0 Å². The SMILES string of the molecule is O=C1CCCC2=C1[C@H](c1ccco1)c1c(ncn3nc(-c4ccco4)nc13)O2. The van der Waals surface area contributed by atoms with Crippen LogP contribution in [0.15, 0.2) is 63.3 Å². The molecular formula is C20H14N4O4. The lowest BCUT2D eigenvalue weighted by Crippen LogP contribution is -2.26. The molecule has 138 valence electrons. The number of furan rings is 2. The molecule has 0 bridgehead atoms. The van der Waals surface area contributed by atoms with Crippen molar-refractivity contribution in [3.63, 3.8) is 0 Å². The summed E-state index contributed by atoms with van der Waals surface area (Å²) in [6.45, 7) is 0. The molecule has 28 heavy (non-hydrogen) atoms. The Labute approximate surface area is 158 Å². The van der Waals surface area contributed by atoms with Crippen LogP contribution in [-0.2, 0) is 4.79 Å². The van der Waals surface area contributed by atoms with Crippen molar-refractivity contribution in [1.29, 1.82) is 0 Å². The van der Waals surface area contributed by atoms with Crippen LogP contribution >= 0.6 is 0 Å². The van der Waals surface area contributed by atoms with Gasteiger partial charge < -0.3 is 13.6 Å². The number of allylic oxidation sites excluding steroid dienone is 2. The van der Waals surface area contributed by atoms with Gasteiger partial charge in [0.1, 0.15) is 17.8 Å². The number of hydrogen-bond donors (Lipinski definition) is 0. The van der Waals surface area contributed by atoms with Crippen molar-refractivity contribution in [2.45, 2.75) is 25.2 Å². The lowest BCUT2D eigenvalue weighted by Gasteiger charge is -2.30. The number of Topliss-reactive ketones (excluding diaryl/α,β-unsaturated/α-hetero) is 1. The predicted molar refractivity (Wildman–Crippen MR) is 95.5 cm³/mol. The summed E-state index contributed by atoms with van der Waals surface area (Å²) in [5.74, 6) is 2.40. The molecule has 0 saturated heterocycles. The topological polar surface area (TPSA) is 95.7 Å². The number of ketones is 1. The molecule has 0 amide bonds. The number of fused-ring (bicyclic) bond motifs is 3. The summed E-state index contributed by atoms with van der Waals surface area (Å²) < 4.78 is 18.8. The maximum Gasteiger partial charge on any atom is 0.228 e. The number of carbonyl (C=O) groups excluding carboxylic acids is 1. The molecule has 0 radical (unpaired) electrons. The van der Waals surface area contributed by atoms with Crippen molar-refractivity contribution >= 4 is 11.4 Å². The predicted octanol–water partition coefficient (Wildman–Crippen LogP) is 3.51. The molecule has 0 spiro atoms. The molecule has 1 aliphatic heterocycles. The lowest BCUT2D eigenvalue weighted by molar-refractivity contribution is -0.116. The Bertz CT molecular complexity index is 1230. The van der Waals surface area contributed by atoms with Gasteiger partial charge in [0.2, 0.25) is 11.7 Å². The zero-order chi connectivity index (χ0) is 18.7. The minimum Gasteiger partial charge on any atom is -0.468 e.